The standard InChI is InChI=1S/C19H36N4O5S/c1-7-11(4)15(23-17(25)14(20)10(2)3)18(26)22-13(8-9-29-6)16(24)21-12(5)19(27)28/h10-15H,7-9,20H2,1-6H3,(H,21,24)(H,22,26)(H,23,25)(H,27,28). The van der Waals surface area contributed by atoms with Gasteiger partial charge in [-0.25, -0.2) is 0 Å². The number of thioether (sulfide) groups is 1. The molecule has 0 heterocycles. The second-order valence-electron chi connectivity index (χ2n) is 7.55. The van der Waals surface area contributed by atoms with Gasteiger partial charge in [-0.05, 0) is 37.2 Å². The fourth-order valence-corrected chi connectivity index (χ4v) is 2.87. The van der Waals surface area contributed by atoms with Gasteiger partial charge in [0, 0.05) is 0 Å². The first-order valence-corrected chi connectivity index (χ1v) is 11.2. The number of carbonyl (C=O) groups excluding carboxylic acids is 3. The van der Waals surface area contributed by atoms with Crippen molar-refractivity contribution >= 4 is 35.5 Å². The van der Waals surface area contributed by atoms with Crippen LogP contribution in [0.25, 0.3) is 0 Å². The third-order valence-corrected chi connectivity index (χ3v) is 5.43. The molecule has 0 aliphatic rings. The van der Waals surface area contributed by atoms with Crippen LogP contribution in [0.4, 0.5) is 0 Å². The molecule has 0 saturated carbocycles. The summed E-state index contributed by atoms with van der Waals surface area (Å²) in [5.74, 6) is -2.33. The second-order valence-corrected chi connectivity index (χ2v) is 8.54. The van der Waals surface area contributed by atoms with Crippen LogP contribution in [-0.2, 0) is 19.2 Å². The number of rotatable bonds is 13. The number of aliphatic carboxylic acids is 1. The predicted molar refractivity (Wildman–Crippen MR) is 114 cm³/mol. The number of carboxylic acids is 1. The smallest absolute Gasteiger partial charge is 0.325 e. The summed E-state index contributed by atoms with van der Waals surface area (Å²) in [6.45, 7) is 8.70. The Morgan fingerprint density at radius 3 is 2.00 bits per heavy atom. The zero-order chi connectivity index (χ0) is 22.7. The predicted octanol–water partition coefficient (Wildman–Crippen LogP) is 0.328. The van der Waals surface area contributed by atoms with Crippen molar-refractivity contribution in [3.63, 3.8) is 0 Å². The van der Waals surface area contributed by atoms with Gasteiger partial charge in [0.15, 0.2) is 0 Å². The van der Waals surface area contributed by atoms with Gasteiger partial charge in [-0.2, -0.15) is 11.8 Å². The maximum absolute atomic E-state index is 12.9. The molecule has 0 spiro atoms. The van der Waals surface area contributed by atoms with E-state index in [9.17, 15) is 19.2 Å². The van der Waals surface area contributed by atoms with Gasteiger partial charge in [-0.1, -0.05) is 34.1 Å². The number of hydrogen-bond donors (Lipinski definition) is 5. The Morgan fingerprint density at radius 1 is 0.966 bits per heavy atom. The van der Waals surface area contributed by atoms with E-state index in [2.05, 4.69) is 16.0 Å². The van der Waals surface area contributed by atoms with Crippen LogP contribution in [-0.4, -0.2) is 65.0 Å². The summed E-state index contributed by atoms with van der Waals surface area (Å²) in [6.07, 6.45) is 2.83. The highest BCUT2D eigenvalue weighted by atomic mass is 32.2. The topological polar surface area (TPSA) is 151 Å². The fraction of sp³-hybridized carbons (Fsp3) is 0.789. The van der Waals surface area contributed by atoms with Crippen molar-refractivity contribution in [2.24, 2.45) is 17.6 Å². The van der Waals surface area contributed by atoms with Crippen molar-refractivity contribution in [2.45, 2.75) is 71.6 Å². The highest BCUT2D eigenvalue weighted by molar-refractivity contribution is 7.98. The second kappa shape index (κ2) is 13.4. The molecule has 5 atom stereocenters. The molecule has 5 unspecified atom stereocenters. The van der Waals surface area contributed by atoms with Crippen LogP contribution >= 0.6 is 11.8 Å². The summed E-state index contributed by atoms with van der Waals surface area (Å²) < 4.78 is 0. The molecule has 10 heteroatoms. The number of carbonyl (C=O) groups is 4. The van der Waals surface area contributed by atoms with E-state index in [4.69, 9.17) is 10.8 Å². The first-order chi connectivity index (χ1) is 13.5. The monoisotopic (exact) mass is 432 g/mol. The highest BCUT2D eigenvalue weighted by Crippen LogP contribution is 2.11. The van der Waals surface area contributed by atoms with Crippen LogP contribution in [0.1, 0.15) is 47.5 Å². The van der Waals surface area contributed by atoms with E-state index in [-0.39, 0.29) is 11.8 Å². The number of carboxylic acid groups (broad SMARTS) is 1. The zero-order valence-corrected chi connectivity index (χ0v) is 19.0. The van der Waals surface area contributed by atoms with Gasteiger partial charge in [0.1, 0.15) is 18.1 Å². The van der Waals surface area contributed by atoms with Crippen LogP contribution < -0.4 is 21.7 Å². The van der Waals surface area contributed by atoms with Crippen molar-refractivity contribution < 1.29 is 24.3 Å². The van der Waals surface area contributed by atoms with Crippen LogP contribution in [0, 0.1) is 11.8 Å². The van der Waals surface area contributed by atoms with Crippen LogP contribution in [0.2, 0.25) is 0 Å². The minimum Gasteiger partial charge on any atom is -0.480 e. The maximum atomic E-state index is 12.9. The Hall–Kier alpha value is -1.81. The molecule has 9 nitrogen and oxygen atoms in total. The molecule has 0 bridgehead atoms. The molecule has 0 aromatic rings. The number of amides is 3. The van der Waals surface area contributed by atoms with Gasteiger partial charge in [0.2, 0.25) is 17.7 Å². The molecule has 0 rings (SSSR count). The minimum atomic E-state index is -1.17. The van der Waals surface area contributed by atoms with Crippen molar-refractivity contribution in [3.8, 4) is 0 Å². The van der Waals surface area contributed by atoms with Gasteiger partial charge >= 0.3 is 5.97 Å². The number of hydrogen-bond acceptors (Lipinski definition) is 6. The quantitative estimate of drug-likeness (QED) is 0.281. The highest BCUT2D eigenvalue weighted by Gasteiger charge is 2.32. The third kappa shape index (κ3) is 9.49. The van der Waals surface area contributed by atoms with E-state index in [1.807, 2.05) is 34.0 Å². The molecular weight excluding hydrogens is 396 g/mol. The zero-order valence-electron chi connectivity index (χ0n) is 18.2. The summed E-state index contributed by atoms with van der Waals surface area (Å²) in [6, 6.07) is -3.58. The molecule has 0 aromatic heterocycles. The van der Waals surface area contributed by atoms with Crippen molar-refractivity contribution in [1.82, 2.24) is 16.0 Å². The van der Waals surface area contributed by atoms with Crippen molar-refractivity contribution in [1.29, 1.82) is 0 Å². The summed E-state index contributed by atoms with van der Waals surface area (Å²) in [7, 11) is 0. The molecule has 0 radical (unpaired) electrons. The fourth-order valence-electron chi connectivity index (χ4n) is 2.40. The van der Waals surface area contributed by atoms with E-state index >= 15 is 0 Å². The van der Waals surface area contributed by atoms with Gasteiger partial charge in [0.05, 0.1) is 6.04 Å². The normalized spacial score (nSPS) is 16.3. The van der Waals surface area contributed by atoms with Crippen molar-refractivity contribution in [2.75, 3.05) is 12.0 Å². The number of nitrogens with two attached hydrogens (primary N) is 1. The average molecular weight is 433 g/mol. The Morgan fingerprint density at radius 2 is 1.55 bits per heavy atom. The molecule has 0 aliphatic heterocycles. The van der Waals surface area contributed by atoms with E-state index in [0.29, 0.717) is 18.6 Å². The average Bonchev–Trinajstić information content (AvgIpc) is 2.66. The molecular formula is C19H36N4O5S. The minimum absolute atomic E-state index is 0.0896. The SMILES string of the molecule is CCC(C)C(NC(=O)C(N)C(C)C)C(=O)NC(CCSC)C(=O)NC(C)C(=O)O. The summed E-state index contributed by atoms with van der Waals surface area (Å²) in [5, 5.41) is 16.7. The Kier molecular flexibility index (Phi) is 12.6. The molecule has 0 aliphatic carbocycles. The van der Waals surface area contributed by atoms with E-state index in [1.165, 1.54) is 18.7 Å². The van der Waals surface area contributed by atoms with E-state index in [1.54, 1.807) is 0 Å². The Labute approximate surface area is 177 Å². The third-order valence-electron chi connectivity index (χ3n) is 4.79. The van der Waals surface area contributed by atoms with E-state index in [0.717, 1.165) is 0 Å². The summed E-state index contributed by atoms with van der Waals surface area (Å²) in [5.41, 5.74) is 5.88. The maximum Gasteiger partial charge on any atom is 0.325 e. The largest absolute Gasteiger partial charge is 0.480 e. The summed E-state index contributed by atoms with van der Waals surface area (Å²) in [4.78, 5) is 48.7. The lowest BCUT2D eigenvalue weighted by Gasteiger charge is -2.28. The van der Waals surface area contributed by atoms with Crippen molar-refractivity contribution in [3.05, 3.63) is 0 Å². The number of nitrogens with one attached hydrogen (secondary N) is 3. The van der Waals surface area contributed by atoms with Crippen LogP contribution in [0.5, 0.6) is 0 Å². The molecule has 0 aromatic carbocycles. The molecule has 168 valence electrons. The summed E-state index contributed by atoms with van der Waals surface area (Å²) >= 11 is 1.50. The lowest BCUT2D eigenvalue weighted by molar-refractivity contribution is -0.141. The van der Waals surface area contributed by atoms with Gasteiger partial charge in [-0.15, -0.1) is 0 Å². The Bertz CT molecular complexity index is 573. The molecule has 6 N–H and O–H groups in total. The lowest BCUT2D eigenvalue weighted by Crippen LogP contribution is -2.59. The Balaban J connectivity index is 5.36. The molecule has 0 fully saturated rings. The van der Waals surface area contributed by atoms with Crippen LogP contribution in [0.15, 0.2) is 0 Å². The first-order valence-electron chi connectivity index (χ1n) is 9.84. The molecule has 0 saturated heterocycles. The van der Waals surface area contributed by atoms with Gasteiger partial charge < -0.3 is 26.8 Å². The molecule has 29 heavy (non-hydrogen) atoms. The van der Waals surface area contributed by atoms with Gasteiger partial charge in [-0.3, -0.25) is 19.2 Å². The van der Waals surface area contributed by atoms with E-state index < -0.39 is 47.9 Å². The van der Waals surface area contributed by atoms with Crippen LogP contribution in [0.3, 0.4) is 0 Å². The van der Waals surface area contributed by atoms with Gasteiger partial charge in [0.25, 0.3) is 0 Å². The first kappa shape index (κ1) is 27.2. The molecule has 3 amide bonds. The lowest BCUT2D eigenvalue weighted by atomic mass is 9.96.